The summed E-state index contributed by atoms with van der Waals surface area (Å²) < 4.78 is 10.1. The van der Waals surface area contributed by atoms with Gasteiger partial charge in [0, 0.05) is 12.8 Å². The third-order valence-corrected chi connectivity index (χ3v) is 2.52. The summed E-state index contributed by atoms with van der Waals surface area (Å²) in [5, 5.41) is 16.8. The molecule has 6 nitrogen and oxygen atoms in total. The van der Waals surface area contributed by atoms with E-state index in [-0.39, 0.29) is 25.0 Å². The first-order chi connectivity index (χ1) is 9.49. The minimum Gasteiger partial charge on any atom is -0.463 e. The van der Waals surface area contributed by atoms with Gasteiger partial charge in [-0.15, -0.1) is 0 Å². The van der Waals surface area contributed by atoms with Gasteiger partial charge in [-0.05, 0) is 26.7 Å². The number of hydrogen-bond donors (Lipinski definition) is 0. The van der Waals surface area contributed by atoms with Gasteiger partial charge in [-0.2, -0.15) is 10.5 Å². The van der Waals surface area contributed by atoms with Crippen LogP contribution >= 0.6 is 0 Å². The van der Waals surface area contributed by atoms with Crippen molar-refractivity contribution in [3.05, 3.63) is 0 Å². The topological polar surface area (TPSA) is 100 Å². The number of carbonyl (C=O) groups excluding carboxylic acids is 2. The van der Waals surface area contributed by atoms with Crippen molar-refractivity contribution in [2.75, 3.05) is 0 Å². The fourth-order valence-electron chi connectivity index (χ4n) is 1.42. The van der Waals surface area contributed by atoms with Crippen LogP contribution in [0.25, 0.3) is 0 Å². The Morgan fingerprint density at radius 3 is 1.55 bits per heavy atom. The van der Waals surface area contributed by atoms with Crippen LogP contribution in [0.2, 0.25) is 0 Å². The summed E-state index contributed by atoms with van der Waals surface area (Å²) in [5.74, 6) is -0.950. The van der Waals surface area contributed by atoms with Crippen molar-refractivity contribution >= 4 is 11.9 Å². The van der Waals surface area contributed by atoms with Gasteiger partial charge in [0.15, 0.2) is 0 Å². The minimum atomic E-state index is -0.475. The molecule has 0 aromatic heterocycles. The fraction of sp³-hybridized carbons (Fsp3) is 0.714. The third-order valence-electron chi connectivity index (χ3n) is 2.52. The number of rotatable bonds is 9. The van der Waals surface area contributed by atoms with Crippen LogP contribution in [-0.4, -0.2) is 24.1 Å². The Morgan fingerprint density at radius 2 is 1.25 bits per heavy atom. The quantitative estimate of drug-likeness (QED) is 0.600. The summed E-state index contributed by atoms with van der Waals surface area (Å²) in [6.07, 6.45) is 0.886. The van der Waals surface area contributed by atoms with Gasteiger partial charge in [-0.3, -0.25) is 9.59 Å². The average Bonchev–Trinajstić information content (AvgIpc) is 2.40. The number of esters is 2. The molecule has 0 aliphatic rings. The minimum absolute atomic E-state index is 0.0410. The molecule has 0 aromatic rings. The van der Waals surface area contributed by atoms with Gasteiger partial charge in [-0.1, -0.05) is 0 Å². The molecule has 0 aliphatic heterocycles. The highest BCUT2D eigenvalue weighted by atomic mass is 16.5. The summed E-state index contributed by atoms with van der Waals surface area (Å²) in [7, 11) is 0. The van der Waals surface area contributed by atoms with E-state index in [1.807, 2.05) is 12.1 Å². The van der Waals surface area contributed by atoms with Crippen LogP contribution in [0.15, 0.2) is 0 Å². The van der Waals surface area contributed by atoms with E-state index in [9.17, 15) is 9.59 Å². The zero-order valence-electron chi connectivity index (χ0n) is 11.9. The van der Waals surface area contributed by atoms with Crippen molar-refractivity contribution in [1.29, 1.82) is 10.5 Å². The standard InChI is InChI=1S/C14H20N2O4/c1-11(5-3-9-15)19-13(17)7-8-14(18)20-12(2)6-4-10-16/h11-12H,3-8H2,1-2H3. The summed E-state index contributed by atoms with van der Waals surface area (Å²) in [6.45, 7) is 3.41. The van der Waals surface area contributed by atoms with Gasteiger partial charge in [0.1, 0.15) is 0 Å². The van der Waals surface area contributed by atoms with E-state index < -0.39 is 11.9 Å². The van der Waals surface area contributed by atoms with Crippen LogP contribution in [0.1, 0.15) is 52.4 Å². The molecule has 0 N–H and O–H groups in total. The monoisotopic (exact) mass is 280 g/mol. The average molecular weight is 280 g/mol. The van der Waals surface area contributed by atoms with Crippen LogP contribution in [0, 0.1) is 22.7 Å². The molecule has 0 amide bonds. The first kappa shape index (κ1) is 17.9. The summed E-state index contributed by atoms with van der Waals surface area (Å²) in [4.78, 5) is 22.8. The lowest BCUT2D eigenvalue weighted by molar-refractivity contribution is -0.155. The fourth-order valence-corrected chi connectivity index (χ4v) is 1.42. The molecule has 0 aliphatic carbocycles. The van der Waals surface area contributed by atoms with Crippen molar-refractivity contribution in [2.45, 2.75) is 64.6 Å². The summed E-state index contributed by atoms with van der Waals surface area (Å²) in [6, 6.07) is 3.94. The Kier molecular flexibility index (Phi) is 9.68. The first-order valence-electron chi connectivity index (χ1n) is 6.62. The Hall–Kier alpha value is -2.08. The molecule has 0 spiro atoms. The van der Waals surface area contributed by atoms with Crippen LogP contribution in [0.4, 0.5) is 0 Å². The lowest BCUT2D eigenvalue weighted by Crippen LogP contribution is -2.18. The molecule has 0 saturated carbocycles. The van der Waals surface area contributed by atoms with E-state index in [1.165, 1.54) is 0 Å². The Morgan fingerprint density at radius 1 is 0.900 bits per heavy atom. The molecule has 0 bridgehead atoms. The Bertz CT molecular complexity index is 357. The number of hydrogen-bond acceptors (Lipinski definition) is 6. The zero-order valence-corrected chi connectivity index (χ0v) is 11.9. The predicted octanol–water partition coefficient (Wildman–Crippen LogP) is 2.24. The molecule has 0 fully saturated rings. The van der Waals surface area contributed by atoms with Gasteiger partial charge < -0.3 is 9.47 Å². The van der Waals surface area contributed by atoms with E-state index in [0.29, 0.717) is 25.7 Å². The second kappa shape index (κ2) is 10.8. The normalized spacial score (nSPS) is 12.6. The Balaban J connectivity index is 3.81. The maximum absolute atomic E-state index is 11.4. The van der Waals surface area contributed by atoms with Crippen molar-refractivity contribution in [1.82, 2.24) is 0 Å². The van der Waals surface area contributed by atoms with Crippen molar-refractivity contribution in [3.63, 3.8) is 0 Å². The number of nitriles is 2. The SMILES string of the molecule is CC(CCC#N)OC(=O)CCC(=O)OC(C)CCC#N. The van der Waals surface area contributed by atoms with Crippen molar-refractivity contribution < 1.29 is 19.1 Å². The van der Waals surface area contributed by atoms with E-state index in [4.69, 9.17) is 20.0 Å². The molecule has 2 unspecified atom stereocenters. The van der Waals surface area contributed by atoms with Gasteiger partial charge in [0.25, 0.3) is 0 Å². The van der Waals surface area contributed by atoms with Crippen LogP contribution < -0.4 is 0 Å². The molecule has 2 atom stereocenters. The zero-order chi connectivity index (χ0) is 15.4. The smallest absolute Gasteiger partial charge is 0.306 e. The van der Waals surface area contributed by atoms with Crippen LogP contribution in [0.5, 0.6) is 0 Å². The predicted molar refractivity (Wildman–Crippen MR) is 70.0 cm³/mol. The van der Waals surface area contributed by atoms with E-state index in [1.54, 1.807) is 13.8 Å². The maximum atomic E-state index is 11.4. The van der Waals surface area contributed by atoms with Crippen LogP contribution in [-0.2, 0) is 19.1 Å². The molecule has 0 heterocycles. The second-order valence-electron chi connectivity index (χ2n) is 4.49. The van der Waals surface area contributed by atoms with E-state index in [0.717, 1.165) is 0 Å². The largest absolute Gasteiger partial charge is 0.463 e. The third kappa shape index (κ3) is 9.90. The van der Waals surface area contributed by atoms with E-state index >= 15 is 0 Å². The van der Waals surface area contributed by atoms with Crippen molar-refractivity contribution in [2.24, 2.45) is 0 Å². The van der Waals surface area contributed by atoms with E-state index in [2.05, 4.69) is 0 Å². The van der Waals surface area contributed by atoms with Crippen LogP contribution in [0.3, 0.4) is 0 Å². The van der Waals surface area contributed by atoms with Gasteiger partial charge in [-0.25, -0.2) is 0 Å². The molecule has 0 saturated heterocycles. The lowest BCUT2D eigenvalue weighted by Gasteiger charge is -2.13. The molecule has 20 heavy (non-hydrogen) atoms. The van der Waals surface area contributed by atoms with Gasteiger partial charge in [0.05, 0.1) is 37.2 Å². The van der Waals surface area contributed by atoms with Gasteiger partial charge in [0.2, 0.25) is 0 Å². The molecule has 0 aromatic carbocycles. The summed E-state index contributed by atoms with van der Waals surface area (Å²) in [5.41, 5.74) is 0. The summed E-state index contributed by atoms with van der Waals surface area (Å²) >= 11 is 0. The highest BCUT2D eigenvalue weighted by Crippen LogP contribution is 2.07. The molecular weight excluding hydrogens is 260 g/mol. The maximum Gasteiger partial charge on any atom is 0.306 e. The molecule has 110 valence electrons. The highest BCUT2D eigenvalue weighted by molar-refractivity contribution is 5.77. The molecular formula is C14H20N2O4. The lowest BCUT2D eigenvalue weighted by atomic mass is 10.2. The van der Waals surface area contributed by atoms with Gasteiger partial charge >= 0.3 is 11.9 Å². The number of nitrogens with zero attached hydrogens (tertiary/aromatic N) is 2. The molecule has 0 radical (unpaired) electrons. The number of carbonyl (C=O) groups is 2. The number of ether oxygens (including phenoxy) is 2. The highest BCUT2D eigenvalue weighted by Gasteiger charge is 2.14. The first-order valence-corrected chi connectivity index (χ1v) is 6.62. The van der Waals surface area contributed by atoms with Crippen molar-refractivity contribution in [3.8, 4) is 12.1 Å². The molecule has 0 rings (SSSR count). The second-order valence-corrected chi connectivity index (χ2v) is 4.49. The molecule has 6 heteroatoms. The Labute approximate surface area is 119 Å².